The van der Waals surface area contributed by atoms with Crippen LogP contribution in [0.15, 0.2) is 98.0 Å². The van der Waals surface area contributed by atoms with Crippen LogP contribution in [0.2, 0.25) is 0 Å². The maximum Gasteiger partial charge on any atom is 0.293 e. The monoisotopic (exact) mass is 953 g/mol. The molecule has 0 saturated heterocycles. The number of rotatable bonds is 21. The molecule has 5 rings (SSSR count). The van der Waals surface area contributed by atoms with Gasteiger partial charge in [0.15, 0.2) is 23.0 Å². The summed E-state index contributed by atoms with van der Waals surface area (Å²) in [4.78, 5) is 93.5. The fourth-order valence-corrected chi connectivity index (χ4v) is 6.30. The maximum absolute atomic E-state index is 13.1. The molecule has 9 N–H and O–H groups in total. The summed E-state index contributed by atoms with van der Waals surface area (Å²) in [5, 5.41) is 85.2. The van der Waals surface area contributed by atoms with Gasteiger partial charge in [0, 0.05) is 71.8 Å². The second-order valence-corrected chi connectivity index (χ2v) is 15.0. The molecule has 5 aromatic rings. The minimum Gasteiger partial charge on any atom is -0.506 e. The molecule has 0 aliphatic heterocycles. The van der Waals surface area contributed by atoms with Crippen molar-refractivity contribution in [3.63, 3.8) is 0 Å². The first-order valence-electron chi connectivity index (χ1n) is 20.7. The number of pyridine rings is 2. The molecule has 2 aromatic heterocycles. The summed E-state index contributed by atoms with van der Waals surface area (Å²) < 4.78 is 2.19. The molecular weight excluding hydrogens is 907 g/mol. The van der Waals surface area contributed by atoms with E-state index in [4.69, 9.17) is 4.84 Å². The molecule has 362 valence electrons. The van der Waals surface area contributed by atoms with Gasteiger partial charge < -0.3 is 60.8 Å². The molecule has 0 unspecified atom stereocenters. The molecule has 0 aliphatic carbocycles. The van der Waals surface area contributed by atoms with Crippen molar-refractivity contribution < 1.29 is 54.5 Å². The first-order valence-corrected chi connectivity index (χ1v) is 20.7. The van der Waals surface area contributed by atoms with Crippen LogP contribution < -0.4 is 32.4 Å². The van der Waals surface area contributed by atoms with Gasteiger partial charge in [0.2, 0.25) is 0 Å². The molecule has 2 heterocycles. The van der Waals surface area contributed by atoms with Gasteiger partial charge in [-0.05, 0) is 61.0 Å². The number of azo groups is 1. The number of aryl methyl sites for hydroxylation is 3. The Morgan fingerprint density at radius 3 is 1.64 bits per heavy atom. The Bertz CT molecular complexity index is 2870. The van der Waals surface area contributed by atoms with Crippen LogP contribution in [0.3, 0.4) is 0 Å². The minimum absolute atomic E-state index is 0.0155. The Kier molecular flexibility index (Phi) is 17.2. The van der Waals surface area contributed by atoms with Gasteiger partial charge >= 0.3 is 0 Å². The van der Waals surface area contributed by atoms with Gasteiger partial charge in [-0.1, -0.05) is 11.2 Å². The number of nitro benzene ring substituents is 1. The summed E-state index contributed by atoms with van der Waals surface area (Å²) in [6.45, 7) is 1.55. The first kappa shape index (κ1) is 50.9. The number of nitrogens with one attached hydrogen (secondary N) is 4. The maximum atomic E-state index is 13.1. The molecule has 25 nitrogen and oxygen atoms in total. The van der Waals surface area contributed by atoms with Crippen LogP contribution in [-0.2, 0) is 18.9 Å². The van der Waals surface area contributed by atoms with Crippen LogP contribution in [0, 0.1) is 17.0 Å². The second-order valence-electron chi connectivity index (χ2n) is 15.0. The number of oxime groups is 1. The minimum atomic E-state index is -0.904. The predicted molar refractivity (Wildman–Crippen MR) is 246 cm³/mol. The van der Waals surface area contributed by atoms with Gasteiger partial charge in [0.1, 0.15) is 18.0 Å². The van der Waals surface area contributed by atoms with Crippen LogP contribution >= 0.6 is 0 Å². The fraction of sp³-hybridized carbons (Fsp3) is 0.250. The van der Waals surface area contributed by atoms with Crippen LogP contribution in [-0.4, -0.2) is 127 Å². The van der Waals surface area contributed by atoms with Gasteiger partial charge in [0.05, 0.1) is 51.2 Å². The van der Waals surface area contributed by atoms with Gasteiger partial charge in [0.25, 0.3) is 40.4 Å². The smallest absolute Gasteiger partial charge is 0.293 e. The third-order valence-electron chi connectivity index (χ3n) is 10.1. The number of phenolic OH excluding ortho intramolecular Hbond substituents is 3. The molecule has 69 heavy (non-hydrogen) atoms. The summed E-state index contributed by atoms with van der Waals surface area (Å²) in [5.41, 5.74) is -1.90. The van der Waals surface area contributed by atoms with Gasteiger partial charge in [-0.2, -0.15) is 5.11 Å². The number of hydrogen-bond acceptors (Lipinski definition) is 18. The Balaban J connectivity index is 1.14. The van der Waals surface area contributed by atoms with Crippen molar-refractivity contribution in [1.29, 1.82) is 0 Å². The normalized spacial score (nSPS) is 11.2. The predicted octanol–water partition coefficient (Wildman–Crippen LogP) is 1.92. The number of carbonyl (C=O) groups excluding carboxylic acids is 4. The Hall–Kier alpha value is -9.13. The molecule has 25 heteroatoms. The lowest BCUT2D eigenvalue weighted by molar-refractivity contribution is -0.385. The number of hydrogen-bond donors (Lipinski definition) is 9. The molecule has 3 aromatic carbocycles. The lowest BCUT2D eigenvalue weighted by atomic mass is 10.1. The fourth-order valence-electron chi connectivity index (χ4n) is 6.30. The molecular formula is C44H47N11O14. The lowest BCUT2D eigenvalue weighted by Crippen LogP contribution is -2.43. The average molecular weight is 954 g/mol. The first-order chi connectivity index (χ1) is 32.9. The number of amides is 4. The van der Waals surface area contributed by atoms with E-state index in [-0.39, 0.29) is 97.5 Å². The van der Waals surface area contributed by atoms with E-state index in [1.165, 1.54) is 62.9 Å². The topological polar surface area (TPSA) is 354 Å². The summed E-state index contributed by atoms with van der Waals surface area (Å²) in [6.07, 6.45) is 3.68. The van der Waals surface area contributed by atoms with Crippen molar-refractivity contribution in [3.8, 4) is 28.7 Å². The number of phenols is 3. The number of aromatic hydroxyl groups is 5. The highest BCUT2D eigenvalue weighted by Crippen LogP contribution is 2.33. The third kappa shape index (κ3) is 13.3. The van der Waals surface area contributed by atoms with Gasteiger partial charge in [-0.3, -0.25) is 43.8 Å². The van der Waals surface area contributed by atoms with E-state index in [0.29, 0.717) is 0 Å². The lowest BCUT2D eigenvalue weighted by Gasteiger charge is -2.23. The third-order valence-corrected chi connectivity index (χ3v) is 10.1. The molecule has 0 atom stereocenters. The summed E-state index contributed by atoms with van der Waals surface area (Å²) in [6, 6.07) is 13.4. The van der Waals surface area contributed by atoms with Crippen LogP contribution in [0.25, 0.3) is 0 Å². The second kappa shape index (κ2) is 23.4. The highest BCUT2D eigenvalue weighted by Gasteiger charge is 2.22. The number of nitro groups is 1. The zero-order chi connectivity index (χ0) is 50.4. The number of carbonyl (C=O) groups is 4. The Labute approximate surface area is 390 Å². The Morgan fingerprint density at radius 2 is 1.14 bits per heavy atom. The number of benzene rings is 3. The standard InChI is InChI=1S/C44H47N11O14/c1-25-4-9-34(56)32(22-25)51-50-27-5-8-33(55(67)68)26(23-27)24-49-69-21-15-48-40(62)29-7-6-28(35(57)36(29)58)39(61)45-12-18-54(19-13-46-41(63)30-10-16-52(2)43(65)37(30)59)20-14-47-42(64)31-11-17-53(3)44(66)38(31)60/h4-11,16-17,22-24,56-60H,12-15,18-21H2,1-3H3,(H,45,61)(H,46,63)(H,47,64)(H,48,62)/b49-24+,51-50?. The van der Waals surface area contributed by atoms with Crippen molar-refractivity contribution >= 4 is 46.9 Å². The van der Waals surface area contributed by atoms with Gasteiger partial charge in [-0.25, -0.2) is 0 Å². The molecule has 0 aliphatic rings. The number of aromatic nitrogens is 2. The average Bonchev–Trinajstić information content (AvgIpc) is 3.31. The number of nitrogens with zero attached hydrogens (tertiary/aromatic N) is 7. The van der Waals surface area contributed by atoms with E-state index in [2.05, 4.69) is 36.7 Å². The van der Waals surface area contributed by atoms with E-state index in [1.807, 2.05) is 0 Å². The highest BCUT2D eigenvalue weighted by molar-refractivity contribution is 6.03. The van der Waals surface area contributed by atoms with Crippen molar-refractivity contribution in [2.24, 2.45) is 29.5 Å². The van der Waals surface area contributed by atoms with Crippen molar-refractivity contribution in [3.05, 3.63) is 137 Å². The summed E-state index contributed by atoms with van der Waals surface area (Å²) in [5.74, 6) is -6.58. The molecule has 0 radical (unpaired) electrons. The van der Waals surface area contributed by atoms with E-state index < -0.39 is 68.2 Å². The zero-order valence-corrected chi connectivity index (χ0v) is 37.2. The molecule has 4 amide bonds. The zero-order valence-electron chi connectivity index (χ0n) is 37.2. The van der Waals surface area contributed by atoms with E-state index >= 15 is 0 Å². The summed E-state index contributed by atoms with van der Waals surface area (Å²) >= 11 is 0. The summed E-state index contributed by atoms with van der Waals surface area (Å²) in [7, 11) is 2.80. The van der Waals surface area contributed by atoms with E-state index in [9.17, 15) is 64.4 Å². The molecule has 0 fully saturated rings. The van der Waals surface area contributed by atoms with E-state index in [0.717, 1.165) is 33.0 Å². The van der Waals surface area contributed by atoms with Crippen LogP contribution in [0.4, 0.5) is 17.1 Å². The molecule has 0 saturated carbocycles. The van der Waals surface area contributed by atoms with Crippen LogP contribution in [0.1, 0.15) is 52.6 Å². The van der Waals surface area contributed by atoms with Gasteiger partial charge in [-0.15, -0.1) is 5.11 Å². The largest absolute Gasteiger partial charge is 0.506 e. The quantitative estimate of drug-likeness (QED) is 0.0127. The van der Waals surface area contributed by atoms with Crippen LogP contribution in [0.5, 0.6) is 28.7 Å². The van der Waals surface area contributed by atoms with Crippen molar-refractivity contribution in [2.75, 3.05) is 52.4 Å². The van der Waals surface area contributed by atoms with Crippen molar-refractivity contribution in [2.45, 2.75) is 6.92 Å². The SMILES string of the molecule is Cc1ccc(O)c(N=Nc2ccc([N+](=O)[O-])c(/C=N/OCCNC(=O)c3ccc(C(=O)NCCN(CCNC(=O)c4ccn(C)c(=O)c4O)CCNC(=O)c4ccn(C)c(=O)c4O)c(O)c3O)c2)c1. The molecule has 0 bridgehead atoms. The Morgan fingerprint density at radius 1 is 0.667 bits per heavy atom. The molecule has 0 spiro atoms. The van der Waals surface area contributed by atoms with E-state index in [1.54, 1.807) is 24.0 Å². The van der Waals surface area contributed by atoms with Crippen molar-refractivity contribution in [1.82, 2.24) is 35.3 Å². The highest BCUT2D eigenvalue weighted by atomic mass is 16.6.